The molecular formula is C18H22FNO3. The lowest BCUT2D eigenvalue weighted by Gasteiger charge is -2.30. The van der Waals surface area contributed by atoms with E-state index in [0.29, 0.717) is 37.7 Å². The number of carboxylic acid groups (broad SMARTS) is 1. The van der Waals surface area contributed by atoms with E-state index in [2.05, 4.69) is 5.32 Å². The van der Waals surface area contributed by atoms with Gasteiger partial charge in [0.15, 0.2) is 0 Å². The third-order valence-electron chi connectivity index (χ3n) is 5.40. The van der Waals surface area contributed by atoms with E-state index in [1.807, 2.05) is 0 Å². The van der Waals surface area contributed by atoms with Crippen LogP contribution in [0.1, 0.15) is 50.5 Å². The van der Waals surface area contributed by atoms with Gasteiger partial charge in [0.05, 0.1) is 11.3 Å². The molecule has 1 aromatic rings. The maximum absolute atomic E-state index is 14.3. The molecule has 0 heterocycles. The van der Waals surface area contributed by atoms with Crippen LogP contribution in [0.25, 0.3) is 0 Å². The van der Waals surface area contributed by atoms with Crippen LogP contribution in [-0.2, 0) is 15.0 Å². The van der Waals surface area contributed by atoms with Crippen molar-refractivity contribution in [2.24, 2.45) is 5.92 Å². The normalized spacial score (nSPS) is 26.1. The van der Waals surface area contributed by atoms with Crippen LogP contribution in [-0.4, -0.2) is 23.0 Å². The molecule has 2 aliphatic carbocycles. The first-order valence-corrected chi connectivity index (χ1v) is 8.32. The van der Waals surface area contributed by atoms with Crippen LogP contribution in [0, 0.1) is 11.7 Å². The molecule has 0 spiro atoms. The fourth-order valence-electron chi connectivity index (χ4n) is 4.11. The topological polar surface area (TPSA) is 66.4 Å². The number of nitrogens with one attached hydrogen (secondary N) is 1. The average molecular weight is 319 g/mol. The highest BCUT2D eigenvalue weighted by molar-refractivity contribution is 5.89. The molecule has 0 radical (unpaired) electrons. The maximum Gasteiger partial charge on any atom is 0.306 e. The summed E-state index contributed by atoms with van der Waals surface area (Å²) in [6.07, 6.45) is 4.84. The Hall–Kier alpha value is -1.91. The summed E-state index contributed by atoms with van der Waals surface area (Å²) in [7, 11) is 0. The van der Waals surface area contributed by atoms with Gasteiger partial charge in [-0.2, -0.15) is 0 Å². The van der Waals surface area contributed by atoms with Gasteiger partial charge in [0.2, 0.25) is 5.91 Å². The van der Waals surface area contributed by atoms with Crippen molar-refractivity contribution in [3.8, 4) is 0 Å². The van der Waals surface area contributed by atoms with Gasteiger partial charge in [0.1, 0.15) is 5.82 Å². The van der Waals surface area contributed by atoms with Gasteiger partial charge in [0, 0.05) is 11.6 Å². The number of hydrogen-bond acceptors (Lipinski definition) is 2. The second-order valence-corrected chi connectivity index (χ2v) is 6.79. The number of amides is 1. The van der Waals surface area contributed by atoms with Crippen molar-refractivity contribution in [2.75, 3.05) is 0 Å². The molecular weight excluding hydrogens is 297 g/mol. The zero-order chi connectivity index (χ0) is 16.4. The van der Waals surface area contributed by atoms with Crippen LogP contribution in [0.3, 0.4) is 0 Å². The zero-order valence-corrected chi connectivity index (χ0v) is 13.1. The van der Waals surface area contributed by atoms with Gasteiger partial charge in [-0.05, 0) is 38.2 Å². The third kappa shape index (κ3) is 2.96. The third-order valence-corrected chi connectivity index (χ3v) is 5.40. The number of halogens is 1. The number of rotatable bonds is 4. The quantitative estimate of drug-likeness (QED) is 0.896. The van der Waals surface area contributed by atoms with E-state index in [1.165, 1.54) is 6.07 Å². The fourth-order valence-corrected chi connectivity index (χ4v) is 4.11. The summed E-state index contributed by atoms with van der Waals surface area (Å²) in [6.45, 7) is 0. The van der Waals surface area contributed by atoms with E-state index in [4.69, 9.17) is 5.11 Å². The van der Waals surface area contributed by atoms with Gasteiger partial charge in [-0.1, -0.05) is 31.0 Å². The van der Waals surface area contributed by atoms with E-state index in [0.717, 1.165) is 12.8 Å². The minimum Gasteiger partial charge on any atom is -0.481 e. The van der Waals surface area contributed by atoms with Crippen molar-refractivity contribution >= 4 is 11.9 Å². The van der Waals surface area contributed by atoms with Crippen molar-refractivity contribution < 1.29 is 19.1 Å². The molecule has 1 amide bonds. The number of benzene rings is 1. The molecule has 0 aliphatic heterocycles. The van der Waals surface area contributed by atoms with Crippen molar-refractivity contribution in [1.29, 1.82) is 0 Å². The van der Waals surface area contributed by atoms with E-state index < -0.39 is 11.4 Å². The van der Waals surface area contributed by atoms with Gasteiger partial charge in [-0.15, -0.1) is 0 Å². The number of hydrogen-bond donors (Lipinski definition) is 2. The predicted octanol–water partition coefficient (Wildman–Crippen LogP) is 3.01. The van der Waals surface area contributed by atoms with Crippen LogP contribution in [0.2, 0.25) is 0 Å². The molecule has 3 rings (SSSR count). The highest BCUT2D eigenvalue weighted by Gasteiger charge is 2.45. The zero-order valence-electron chi connectivity index (χ0n) is 13.1. The first-order chi connectivity index (χ1) is 11.0. The van der Waals surface area contributed by atoms with Crippen molar-refractivity contribution in [2.45, 2.75) is 56.4 Å². The van der Waals surface area contributed by atoms with Crippen molar-refractivity contribution in [1.82, 2.24) is 5.32 Å². The standard InChI is InChI=1S/C18H22FNO3/c19-15-6-2-1-5-14(15)18(9-3-4-10-18)17(23)20-13-8-7-12(11-13)16(21)22/h1-2,5-6,12-13H,3-4,7-11H2,(H,20,23)(H,21,22)/t12-,13+/m0/s1. The van der Waals surface area contributed by atoms with E-state index >= 15 is 0 Å². The first-order valence-electron chi connectivity index (χ1n) is 8.32. The molecule has 0 bridgehead atoms. The molecule has 23 heavy (non-hydrogen) atoms. The SMILES string of the molecule is O=C(O)[C@H]1CC[C@@H](NC(=O)C2(c3ccccc3F)CCCC2)C1. The summed E-state index contributed by atoms with van der Waals surface area (Å²) in [5.41, 5.74) is -0.324. The largest absolute Gasteiger partial charge is 0.481 e. The molecule has 5 heteroatoms. The lowest BCUT2D eigenvalue weighted by Crippen LogP contribution is -2.46. The van der Waals surface area contributed by atoms with Crippen molar-refractivity contribution in [3.63, 3.8) is 0 Å². The summed E-state index contributed by atoms with van der Waals surface area (Å²) in [6, 6.07) is 6.39. The van der Waals surface area contributed by atoms with Crippen LogP contribution < -0.4 is 5.32 Å². The molecule has 2 saturated carbocycles. The molecule has 0 aromatic heterocycles. The smallest absolute Gasteiger partial charge is 0.306 e. The first kappa shape index (κ1) is 16.0. The van der Waals surface area contributed by atoms with E-state index in [-0.39, 0.29) is 23.7 Å². The highest BCUT2D eigenvalue weighted by atomic mass is 19.1. The summed E-state index contributed by atoms with van der Waals surface area (Å²) in [4.78, 5) is 24.0. The van der Waals surface area contributed by atoms with Crippen LogP contribution in [0.15, 0.2) is 24.3 Å². The summed E-state index contributed by atoms with van der Waals surface area (Å²) >= 11 is 0. The van der Waals surface area contributed by atoms with Crippen LogP contribution in [0.5, 0.6) is 0 Å². The number of carboxylic acids is 1. The van der Waals surface area contributed by atoms with Crippen molar-refractivity contribution in [3.05, 3.63) is 35.6 Å². The molecule has 124 valence electrons. The van der Waals surface area contributed by atoms with Gasteiger partial charge < -0.3 is 10.4 Å². The molecule has 1 aromatic carbocycles. The predicted molar refractivity (Wildman–Crippen MR) is 83.5 cm³/mol. The Balaban J connectivity index is 1.78. The Labute approximate surface area is 135 Å². The minimum absolute atomic E-state index is 0.118. The Morgan fingerprint density at radius 1 is 1.17 bits per heavy atom. The van der Waals surface area contributed by atoms with E-state index in [9.17, 15) is 14.0 Å². The van der Waals surface area contributed by atoms with Gasteiger partial charge in [0.25, 0.3) is 0 Å². The monoisotopic (exact) mass is 319 g/mol. The molecule has 4 nitrogen and oxygen atoms in total. The number of carbonyl (C=O) groups is 2. The Morgan fingerprint density at radius 2 is 1.87 bits per heavy atom. The average Bonchev–Trinajstić information content (AvgIpc) is 3.17. The van der Waals surface area contributed by atoms with Crippen LogP contribution in [0.4, 0.5) is 4.39 Å². The Bertz CT molecular complexity index is 610. The Morgan fingerprint density at radius 3 is 2.48 bits per heavy atom. The molecule has 2 fully saturated rings. The minimum atomic E-state index is -0.800. The van der Waals surface area contributed by atoms with Gasteiger partial charge in [-0.25, -0.2) is 4.39 Å². The van der Waals surface area contributed by atoms with E-state index in [1.54, 1.807) is 18.2 Å². The van der Waals surface area contributed by atoms with Gasteiger partial charge >= 0.3 is 5.97 Å². The lowest BCUT2D eigenvalue weighted by atomic mass is 9.77. The van der Waals surface area contributed by atoms with Gasteiger partial charge in [-0.3, -0.25) is 9.59 Å². The maximum atomic E-state index is 14.3. The summed E-state index contributed by atoms with van der Waals surface area (Å²) < 4.78 is 14.3. The fraction of sp³-hybridized carbons (Fsp3) is 0.556. The molecule has 0 saturated heterocycles. The molecule has 0 unspecified atom stereocenters. The molecule has 2 atom stereocenters. The summed E-state index contributed by atoms with van der Waals surface area (Å²) in [5, 5.41) is 12.1. The second-order valence-electron chi connectivity index (χ2n) is 6.79. The highest BCUT2D eigenvalue weighted by Crippen LogP contribution is 2.42. The number of aliphatic carboxylic acids is 1. The lowest BCUT2D eigenvalue weighted by molar-refractivity contribution is -0.141. The molecule has 2 aliphatic rings. The molecule has 2 N–H and O–H groups in total. The van der Waals surface area contributed by atoms with Crippen LogP contribution >= 0.6 is 0 Å². The number of carbonyl (C=O) groups excluding carboxylic acids is 1. The Kier molecular flexibility index (Phi) is 4.37. The summed E-state index contributed by atoms with van der Waals surface area (Å²) in [5.74, 6) is -1.66. The second kappa shape index (κ2) is 6.30.